The zero-order chi connectivity index (χ0) is 20.8. The van der Waals surface area contributed by atoms with Crippen LogP contribution in [0.3, 0.4) is 0 Å². The molecule has 1 aromatic carbocycles. The molecule has 1 aliphatic rings. The Kier molecular flexibility index (Phi) is 4.95. The van der Waals surface area contributed by atoms with Crippen molar-refractivity contribution < 1.29 is 27.4 Å². The van der Waals surface area contributed by atoms with E-state index >= 15 is 0 Å². The third kappa shape index (κ3) is 3.92. The van der Waals surface area contributed by atoms with Gasteiger partial charge in [-0.15, -0.1) is 10.2 Å². The third-order valence-corrected chi connectivity index (χ3v) is 5.38. The number of carbonyl (C=O) groups excluding carboxylic acids is 1. The van der Waals surface area contributed by atoms with Gasteiger partial charge in [-0.2, -0.15) is 13.2 Å². The summed E-state index contributed by atoms with van der Waals surface area (Å²) in [6.45, 7) is 1.71. The summed E-state index contributed by atoms with van der Waals surface area (Å²) in [6.07, 6.45) is -3.72. The predicted molar refractivity (Wildman–Crippen MR) is 99.5 cm³/mol. The summed E-state index contributed by atoms with van der Waals surface area (Å²) in [6, 6.07) is 5.74. The number of anilines is 1. The van der Waals surface area contributed by atoms with Gasteiger partial charge >= 0.3 is 6.18 Å². The van der Waals surface area contributed by atoms with Crippen molar-refractivity contribution in [3.05, 3.63) is 41.0 Å². The highest BCUT2D eigenvalue weighted by molar-refractivity contribution is 8.00. The Hall–Kier alpha value is -2.66. The number of thioether (sulfide) groups is 1. The van der Waals surface area contributed by atoms with Gasteiger partial charge in [-0.25, -0.2) is 0 Å². The van der Waals surface area contributed by atoms with E-state index < -0.39 is 17.0 Å². The molecule has 12 heteroatoms. The number of amides is 1. The van der Waals surface area contributed by atoms with Crippen molar-refractivity contribution in [3.63, 3.8) is 0 Å². The van der Waals surface area contributed by atoms with Gasteiger partial charge < -0.3 is 14.8 Å². The molecule has 1 amide bonds. The van der Waals surface area contributed by atoms with E-state index in [9.17, 15) is 18.0 Å². The fourth-order valence-electron chi connectivity index (χ4n) is 2.60. The van der Waals surface area contributed by atoms with Crippen LogP contribution in [-0.4, -0.2) is 32.5 Å². The summed E-state index contributed by atoms with van der Waals surface area (Å²) in [5, 5.41) is 9.64. The highest BCUT2D eigenvalue weighted by Gasteiger charge is 2.32. The smallest absolute Gasteiger partial charge is 0.417 e. The summed E-state index contributed by atoms with van der Waals surface area (Å²) >= 11 is 6.86. The van der Waals surface area contributed by atoms with Gasteiger partial charge in [0.2, 0.25) is 12.7 Å². The normalized spacial score (nSPS) is 14.2. The minimum Gasteiger partial charge on any atom is -0.454 e. The summed E-state index contributed by atoms with van der Waals surface area (Å²) < 4.78 is 50.8. The van der Waals surface area contributed by atoms with Gasteiger partial charge in [0.1, 0.15) is 0 Å². The summed E-state index contributed by atoms with van der Waals surface area (Å²) in [4.78, 5) is 12.5. The topological polar surface area (TPSA) is 77.8 Å². The van der Waals surface area contributed by atoms with Gasteiger partial charge in [0, 0.05) is 18.0 Å². The third-order valence-electron chi connectivity index (χ3n) is 4.05. The fourth-order valence-corrected chi connectivity index (χ4v) is 3.67. The van der Waals surface area contributed by atoms with Crippen molar-refractivity contribution in [1.82, 2.24) is 14.6 Å². The molecule has 0 aliphatic carbocycles. The van der Waals surface area contributed by atoms with Crippen LogP contribution in [-0.2, 0) is 11.0 Å². The SMILES string of the molecule is C[C@H](Sc1nnc2c(Cl)cc(C(F)(F)F)cn12)C(=O)Nc1ccc2c(c1)OCO2. The lowest BCUT2D eigenvalue weighted by Crippen LogP contribution is -2.22. The lowest BCUT2D eigenvalue weighted by Gasteiger charge is -2.12. The van der Waals surface area contributed by atoms with Gasteiger partial charge in [-0.05, 0) is 25.1 Å². The zero-order valence-corrected chi connectivity index (χ0v) is 16.2. The maximum absolute atomic E-state index is 13.1. The average Bonchev–Trinajstić information content (AvgIpc) is 3.28. The molecule has 0 spiro atoms. The Morgan fingerprint density at radius 1 is 1.28 bits per heavy atom. The standard InChI is InChI=1S/C17H12ClF3N4O3S/c1-8(15(26)22-10-2-3-12-13(5-10)28-7-27-12)29-16-24-23-14-11(18)4-9(6-25(14)16)17(19,20)21/h2-6,8H,7H2,1H3,(H,22,26)/t8-/m0/s1. The number of fused-ring (bicyclic) bond motifs is 2. The lowest BCUT2D eigenvalue weighted by atomic mass is 10.2. The second-order valence-corrected chi connectivity index (χ2v) is 7.78. The molecule has 0 fully saturated rings. The van der Waals surface area contributed by atoms with E-state index in [0.29, 0.717) is 17.2 Å². The molecule has 0 unspecified atom stereocenters. The Bertz CT molecular complexity index is 1110. The number of nitrogens with zero attached hydrogens (tertiary/aromatic N) is 3. The Balaban J connectivity index is 1.53. The van der Waals surface area contributed by atoms with Crippen LogP contribution in [0.15, 0.2) is 35.6 Å². The molecule has 0 bridgehead atoms. The van der Waals surface area contributed by atoms with Crippen LogP contribution < -0.4 is 14.8 Å². The van der Waals surface area contributed by atoms with E-state index in [1.807, 2.05) is 0 Å². The summed E-state index contributed by atoms with van der Waals surface area (Å²) in [5.41, 5.74) is -0.361. The molecule has 29 heavy (non-hydrogen) atoms. The molecule has 1 aliphatic heterocycles. The molecule has 1 N–H and O–H groups in total. The number of pyridine rings is 1. The van der Waals surface area contributed by atoms with Gasteiger partial charge in [-0.1, -0.05) is 23.4 Å². The van der Waals surface area contributed by atoms with Crippen molar-refractivity contribution in [1.29, 1.82) is 0 Å². The number of alkyl halides is 3. The number of aromatic nitrogens is 3. The Morgan fingerprint density at radius 3 is 2.79 bits per heavy atom. The number of hydrogen-bond acceptors (Lipinski definition) is 6. The molecule has 3 aromatic rings. The monoisotopic (exact) mass is 444 g/mol. The highest BCUT2D eigenvalue weighted by Crippen LogP contribution is 2.35. The number of nitrogens with one attached hydrogen (secondary N) is 1. The first-order chi connectivity index (χ1) is 13.7. The lowest BCUT2D eigenvalue weighted by molar-refractivity contribution is -0.137. The first-order valence-electron chi connectivity index (χ1n) is 8.21. The van der Waals surface area contributed by atoms with Gasteiger partial charge in [0.05, 0.1) is 15.8 Å². The Labute approximate surface area is 171 Å². The molecule has 1 atom stereocenters. The number of rotatable bonds is 4. The highest BCUT2D eigenvalue weighted by atomic mass is 35.5. The molecule has 4 rings (SSSR count). The molecular weight excluding hydrogens is 433 g/mol. The van der Waals surface area contributed by atoms with Crippen LogP contribution in [0.25, 0.3) is 5.65 Å². The Morgan fingerprint density at radius 2 is 2.03 bits per heavy atom. The first kappa shape index (κ1) is 19.6. The van der Waals surface area contributed by atoms with Crippen molar-refractivity contribution in [2.45, 2.75) is 23.5 Å². The largest absolute Gasteiger partial charge is 0.454 e. The number of benzene rings is 1. The van der Waals surface area contributed by atoms with E-state index in [0.717, 1.165) is 28.4 Å². The molecule has 152 valence electrons. The van der Waals surface area contributed by atoms with Crippen LogP contribution >= 0.6 is 23.4 Å². The van der Waals surface area contributed by atoms with Crippen LogP contribution in [0.1, 0.15) is 12.5 Å². The first-order valence-corrected chi connectivity index (χ1v) is 9.47. The maximum atomic E-state index is 13.1. The zero-order valence-electron chi connectivity index (χ0n) is 14.7. The van der Waals surface area contributed by atoms with Crippen LogP contribution in [0.5, 0.6) is 11.5 Å². The second kappa shape index (κ2) is 7.30. The second-order valence-electron chi connectivity index (χ2n) is 6.07. The summed E-state index contributed by atoms with van der Waals surface area (Å²) in [7, 11) is 0. The number of hydrogen-bond donors (Lipinski definition) is 1. The summed E-state index contributed by atoms with van der Waals surface area (Å²) in [5.74, 6) is 0.724. The van der Waals surface area contributed by atoms with E-state index in [-0.39, 0.29) is 28.5 Å². The molecular formula is C17H12ClF3N4O3S. The molecule has 2 aromatic heterocycles. The van der Waals surface area contributed by atoms with Crippen LogP contribution in [0.2, 0.25) is 5.02 Å². The van der Waals surface area contributed by atoms with Crippen molar-refractivity contribution in [3.8, 4) is 11.5 Å². The van der Waals surface area contributed by atoms with Crippen LogP contribution in [0.4, 0.5) is 18.9 Å². The molecule has 3 heterocycles. The van der Waals surface area contributed by atoms with E-state index in [4.69, 9.17) is 21.1 Å². The van der Waals surface area contributed by atoms with Gasteiger partial charge in [-0.3, -0.25) is 9.20 Å². The van der Waals surface area contributed by atoms with Crippen molar-refractivity contribution in [2.75, 3.05) is 12.1 Å². The van der Waals surface area contributed by atoms with E-state index in [2.05, 4.69) is 15.5 Å². The minimum absolute atomic E-state index is 0.0746. The molecule has 0 saturated heterocycles. The molecule has 0 radical (unpaired) electrons. The average molecular weight is 445 g/mol. The molecule has 0 saturated carbocycles. The minimum atomic E-state index is -4.58. The van der Waals surface area contributed by atoms with Crippen molar-refractivity contribution in [2.24, 2.45) is 0 Å². The van der Waals surface area contributed by atoms with Crippen LogP contribution in [0, 0.1) is 0 Å². The molecule has 7 nitrogen and oxygen atoms in total. The quantitative estimate of drug-likeness (QED) is 0.606. The predicted octanol–water partition coefficient (Wildman–Crippen LogP) is 4.25. The number of halogens is 4. The van der Waals surface area contributed by atoms with E-state index in [1.165, 1.54) is 0 Å². The van der Waals surface area contributed by atoms with Gasteiger partial charge in [0.15, 0.2) is 22.3 Å². The maximum Gasteiger partial charge on any atom is 0.417 e. The number of ether oxygens (including phenoxy) is 2. The fraction of sp³-hybridized carbons (Fsp3) is 0.235. The number of carbonyl (C=O) groups is 1. The van der Waals surface area contributed by atoms with Gasteiger partial charge in [0.25, 0.3) is 0 Å². The van der Waals surface area contributed by atoms with E-state index in [1.54, 1.807) is 25.1 Å². The van der Waals surface area contributed by atoms with Crippen molar-refractivity contribution >= 4 is 40.6 Å².